The van der Waals surface area contributed by atoms with E-state index < -0.39 is 5.97 Å². The summed E-state index contributed by atoms with van der Waals surface area (Å²) in [5, 5.41) is 4.94. The van der Waals surface area contributed by atoms with E-state index in [1.54, 1.807) is 17.7 Å². The van der Waals surface area contributed by atoms with Crippen LogP contribution in [0, 0.1) is 0 Å². The average molecular weight is 367 g/mol. The Bertz CT molecular complexity index is 1010. The van der Waals surface area contributed by atoms with E-state index in [9.17, 15) is 4.79 Å². The topological polar surface area (TPSA) is 69.4 Å². The summed E-state index contributed by atoms with van der Waals surface area (Å²) in [5.41, 5.74) is 3.40. The first kappa shape index (κ1) is 16.5. The SMILES string of the molecule is CCOC(=O)c1nc2n(n1)-c1ccc(Cl)cc1C(c1ccccc1)=NC2. The van der Waals surface area contributed by atoms with Crippen LogP contribution < -0.4 is 0 Å². The fraction of sp³-hybridized carbons (Fsp3) is 0.158. The Labute approximate surface area is 155 Å². The zero-order valence-electron chi connectivity index (χ0n) is 14.0. The van der Waals surface area contributed by atoms with Crippen molar-refractivity contribution in [3.8, 4) is 5.69 Å². The van der Waals surface area contributed by atoms with Crippen molar-refractivity contribution in [2.45, 2.75) is 13.5 Å². The van der Waals surface area contributed by atoms with Crippen molar-refractivity contribution in [2.24, 2.45) is 4.99 Å². The minimum atomic E-state index is -0.546. The molecule has 3 aromatic rings. The second-order valence-corrected chi connectivity index (χ2v) is 6.11. The molecule has 0 radical (unpaired) electrons. The summed E-state index contributed by atoms with van der Waals surface area (Å²) in [4.78, 5) is 21.0. The number of rotatable bonds is 3. The summed E-state index contributed by atoms with van der Waals surface area (Å²) in [7, 11) is 0. The maximum atomic E-state index is 12.0. The van der Waals surface area contributed by atoms with Crippen LogP contribution in [0.5, 0.6) is 0 Å². The Morgan fingerprint density at radius 3 is 2.81 bits per heavy atom. The van der Waals surface area contributed by atoms with Crippen LogP contribution in [-0.2, 0) is 11.3 Å². The van der Waals surface area contributed by atoms with Crippen molar-refractivity contribution in [2.75, 3.05) is 6.61 Å². The minimum Gasteiger partial charge on any atom is -0.460 e. The number of hydrogen-bond acceptors (Lipinski definition) is 5. The third kappa shape index (κ3) is 2.88. The van der Waals surface area contributed by atoms with Gasteiger partial charge in [0.2, 0.25) is 0 Å². The van der Waals surface area contributed by atoms with Crippen LogP contribution in [0.3, 0.4) is 0 Å². The van der Waals surface area contributed by atoms with Crippen molar-refractivity contribution >= 4 is 23.3 Å². The molecule has 0 aliphatic carbocycles. The molecule has 4 rings (SSSR count). The highest BCUT2D eigenvalue weighted by atomic mass is 35.5. The summed E-state index contributed by atoms with van der Waals surface area (Å²) < 4.78 is 6.64. The van der Waals surface area contributed by atoms with Crippen LogP contribution in [0.25, 0.3) is 5.69 Å². The van der Waals surface area contributed by atoms with Gasteiger partial charge in [-0.05, 0) is 25.1 Å². The van der Waals surface area contributed by atoms with E-state index in [-0.39, 0.29) is 12.4 Å². The molecule has 0 spiro atoms. The lowest BCUT2D eigenvalue weighted by atomic mass is 10.0. The van der Waals surface area contributed by atoms with Crippen LogP contribution in [0.1, 0.15) is 34.5 Å². The molecule has 0 bridgehead atoms. The van der Waals surface area contributed by atoms with Crippen LogP contribution in [0.15, 0.2) is 53.5 Å². The lowest BCUT2D eigenvalue weighted by molar-refractivity contribution is 0.0512. The molecule has 0 atom stereocenters. The average Bonchev–Trinajstić information content (AvgIpc) is 3.01. The summed E-state index contributed by atoms with van der Waals surface area (Å²) in [6.45, 7) is 2.31. The zero-order chi connectivity index (χ0) is 18.1. The van der Waals surface area contributed by atoms with Gasteiger partial charge in [-0.2, -0.15) is 0 Å². The second-order valence-electron chi connectivity index (χ2n) is 5.68. The number of halogens is 1. The van der Waals surface area contributed by atoms with Gasteiger partial charge in [0.1, 0.15) is 0 Å². The van der Waals surface area contributed by atoms with E-state index in [2.05, 4.69) is 10.1 Å². The van der Waals surface area contributed by atoms with E-state index in [0.717, 1.165) is 22.5 Å². The third-order valence-corrected chi connectivity index (χ3v) is 4.23. The number of aromatic nitrogens is 3. The van der Waals surface area contributed by atoms with Gasteiger partial charge >= 0.3 is 5.97 Å². The zero-order valence-corrected chi connectivity index (χ0v) is 14.8. The van der Waals surface area contributed by atoms with Gasteiger partial charge in [0.15, 0.2) is 5.82 Å². The number of carbonyl (C=O) groups is 1. The molecule has 0 saturated heterocycles. The first-order valence-electron chi connectivity index (χ1n) is 8.20. The van der Waals surface area contributed by atoms with Crippen molar-refractivity contribution < 1.29 is 9.53 Å². The van der Waals surface area contributed by atoms with E-state index >= 15 is 0 Å². The highest BCUT2D eigenvalue weighted by Gasteiger charge is 2.24. The molecule has 130 valence electrons. The first-order valence-corrected chi connectivity index (χ1v) is 8.58. The van der Waals surface area contributed by atoms with E-state index in [0.29, 0.717) is 17.4 Å². The Morgan fingerprint density at radius 1 is 1.23 bits per heavy atom. The lowest BCUT2D eigenvalue weighted by Gasteiger charge is -2.11. The molecule has 0 fully saturated rings. The molecule has 6 nitrogen and oxygen atoms in total. The molecule has 7 heteroatoms. The molecule has 0 amide bonds. The predicted octanol–water partition coefficient (Wildman–Crippen LogP) is 3.45. The molecule has 1 aromatic heterocycles. The molecular formula is C19H15ClN4O2. The van der Waals surface area contributed by atoms with Gasteiger partial charge in [-0.15, -0.1) is 5.10 Å². The number of hydrogen-bond donors (Lipinski definition) is 0. The summed E-state index contributed by atoms with van der Waals surface area (Å²) in [6, 6.07) is 15.4. The molecular weight excluding hydrogens is 352 g/mol. The summed E-state index contributed by atoms with van der Waals surface area (Å²) in [6.07, 6.45) is 0. The van der Waals surface area contributed by atoms with Crippen molar-refractivity contribution in [1.82, 2.24) is 14.8 Å². The standard InChI is InChI=1S/C19H15ClN4O2/c1-2-26-19(25)18-22-16-11-21-17(12-6-4-3-5-7-12)14-10-13(20)8-9-15(14)24(16)23-18/h3-10H,2,11H2,1H3. The fourth-order valence-electron chi connectivity index (χ4n) is 2.88. The van der Waals surface area contributed by atoms with Gasteiger partial charge in [0.05, 0.1) is 24.6 Å². The van der Waals surface area contributed by atoms with E-state index in [1.165, 1.54) is 0 Å². The van der Waals surface area contributed by atoms with Crippen LogP contribution in [0.2, 0.25) is 5.02 Å². The van der Waals surface area contributed by atoms with Crippen LogP contribution in [0.4, 0.5) is 0 Å². The number of fused-ring (bicyclic) bond motifs is 3. The van der Waals surface area contributed by atoms with Gasteiger partial charge in [-0.1, -0.05) is 41.9 Å². The quantitative estimate of drug-likeness (QED) is 0.666. The summed E-state index contributed by atoms with van der Waals surface area (Å²) in [5.74, 6) is 0.0551. The Hall–Kier alpha value is -2.99. The van der Waals surface area contributed by atoms with Crippen LogP contribution in [-0.4, -0.2) is 33.1 Å². The molecule has 0 saturated carbocycles. The first-order chi connectivity index (χ1) is 12.7. The Kier molecular flexibility index (Phi) is 4.26. The molecule has 2 heterocycles. The van der Waals surface area contributed by atoms with Crippen LogP contribution >= 0.6 is 11.6 Å². The molecule has 26 heavy (non-hydrogen) atoms. The maximum Gasteiger partial charge on any atom is 0.378 e. The third-order valence-electron chi connectivity index (χ3n) is 4.00. The fourth-order valence-corrected chi connectivity index (χ4v) is 3.05. The van der Waals surface area contributed by atoms with Crippen molar-refractivity contribution in [3.63, 3.8) is 0 Å². The Balaban J connectivity index is 1.88. The number of benzene rings is 2. The van der Waals surface area contributed by atoms with E-state index in [1.807, 2.05) is 42.5 Å². The van der Waals surface area contributed by atoms with Gasteiger partial charge < -0.3 is 4.74 Å². The number of ether oxygens (including phenoxy) is 1. The number of carbonyl (C=O) groups excluding carboxylic acids is 1. The second kappa shape index (κ2) is 6.72. The largest absolute Gasteiger partial charge is 0.460 e. The highest BCUT2D eigenvalue weighted by molar-refractivity contribution is 6.31. The minimum absolute atomic E-state index is 0.0288. The Morgan fingerprint density at radius 2 is 2.04 bits per heavy atom. The van der Waals surface area contributed by atoms with Crippen molar-refractivity contribution in [1.29, 1.82) is 0 Å². The molecule has 1 aliphatic rings. The normalized spacial score (nSPS) is 12.6. The highest BCUT2D eigenvalue weighted by Crippen LogP contribution is 2.27. The molecule has 0 N–H and O–H groups in total. The molecule has 2 aromatic carbocycles. The van der Waals surface area contributed by atoms with E-state index in [4.69, 9.17) is 21.3 Å². The lowest BCUT2D eigenvalue weighted by Crippen LogP contribution is -2.10. The predicted molar refractivity (Wildman–Crippen MR) is 98.1 cm³/mol. The monoisotopic (exact) mass is 366 g/mol. The summed E-state index contributed by atoms with van der Waals surface area (Å²) >= 11 is 6.23. The van der Waals surface area contributed by atoms with Gasteiger partial charge in [0.25, 0.3) is 5.82 Å². The number of esters is 1. The molecule has 1 aliphatic heterocycles. The van der Waals surface area contributed by atoms with Gasteiger partial charge in [0, 0.05) is 16.1 Å². The van der Waals surface area contributed by atoms with Gasteiger partial charge in [-0.25, -0.2) is 14.5 Å². The van der Waals surface area contributed by atoms with Crippen molar-refractivity contribution in [3.05, 3.63) is 76.3 Å². The van der Waals surface area contributed by atoms with Gasteiger partial charge in [-0.3, -0.25) is 4.99 Å². The number of nitrogens with zero attached hydrogens (tertiary/aromatic N) is 4. The molecule has 0 unspecified atom stereocenters. The smallest absolute Gasteiger partial charge is 0.378 e. The number of aliphatic imine (C=N–C) groups is 1. The maximum absolute atomic E-state index is 12.0.